The van der Waals surface area contributed by atoms with Gasteiger partial charge in [-0.1, -0.05) is 5.21 Å². The van der Waals surface area contributed by atoms with Gasteiger partial charge in [0, 0.05) is 12.4 Å². The van der Waals surface area contributed by atoms with Crippen LogP contribution in [0.15, 0.2) is 59.9 Å². The van der Waals surface area contributed by atoms with Crippen molar-refractivity contribution in [2.24, 2.45) is 0 Å². The van der Waals surface area contributed by atoms with Gasteiger partial charge in [-0.3, -0.25) is 4.98 Å². The minimum absolute atomic E-state index is 0.0423. The Balaban J connectivity index is 1.67. The van der Waals surface area contributed by atoms with E-state index in [4.69, 9.17) is 4.74 Å². The molecular weight excluding hydrogens is 342 g/mol. The minimum Gasteiger partial charge on any atom is -0.494 e. The van der Waals surface area contributed by atoms with Crippen LogP contribution in [0.2, 0.25) is 0 Å². The van der Waals surface area contributed by atoms with E-state index in [1.54, 1.807) is 47.5 Å². The van der Waals surface area contributed by atoms with Crippen molar-refractivity contribution in [3.05, 3.63) is 60.7 Å². The van der Waals surface area contributed by atoms with Gasteiger partial charge >= 0.3 is 0 Å². The van der Waals surface area contributed by atoms with E-state index in [0.29, 0.717) is 18.1 Å². The smallest absolute Gasteiger partial charge is 0.240 e. The molecule has 2 aromatic heterocycles. The van der Waals surface area contributed by atoms with E-state index in [-0.39, 0.29) is 11.4 Å². The second-order valence-corrected chi connectivity index (χ2v) is 6.86. The molecule has 0 fully saturated rings. The Morgan fingerprint density at radius 1 is 1.12 bits per heavy atom. The Hall–Kier alpha value is -2.78. The third kappa shape index (κ3) is 4.20. The lowest BCUT2D eigenvalue weighted by Gasteiger charge is -2.07. The molecule has 3 rings (SSSR count). The van der Waals surface area contributed by atoms with E-state index in [1.807, 2.05) is 6.92 Å². The topological polar surface area (TPSA) is 99.0 Å². The predicted molar refractivity (Wildman–Crippen MR) is 90.8 cm³/mol. The van der Waals surface area contributed by atoms with Crippen LogP contribution >= 0.6 is 0 Å². The van der Waals surface area contributed by atoms with Crippen molar-refractivity contribution < 1.29 is 13.2 Å². The van der Waals surface area contributed by atoms with E-state index in [2.05, 4.69) is 20.0 Å². The quantitative estimate of drug-likeness (QED) is 0.687. The molecule has 25 heavy (non-hydrogen) atoms. The van der Waals surface area contributed by atoms with Crippen LogP contribution in [-0.4, -0.2) is 35.0 Å². The van der Waals surface area contributed by atoms with Crippen LogP contribution in [0.5, 0.6) is 5.75 Å². The van der Waals surface area contributed by atoms with E-state index in [1.165, 1.54) is 12.1 Å². The van der Waals surface area contributed by atoms with Crippen LogP contribution in [0.4, 0.5) is 0 Å². The summed E-state index contributed by atoms with van der Waals surface area (Å²) in [5.41, 5.74) is 1.30. The first-order valence-electron chi connectivity index (χ1n) is 7.62. The normalized spacial score (nSPS) is 11.4. The zero-order chi connectivity index (χ0) is 17.7. The summed E-state index contributed by atoms with van der Waals surface area (Å²) in [6.45, 7) is 2.43. The molecule has 0 spiro atoms. The lowest BCUT2D eigenvalue weighted by molar-refractivity contribution is 0.340. The molecule has 130 valence electrons. The van der Waals surface area contributed by atoms with Crippen molar-refractivity contribution >= 4 is 10.0 Å². The number of benzene rings is 1. The van der Waals surface area contributed by atoms with Gasteiger partial charge in [-0.15, -0.1) is 5.10 Å². The van der Waals surface area contributed by atoms with Crippen LogP contribution in [0.1, 0.15) is 12.6 Å². The fraction of sp³-hybridized carbons (Fsp3) is 0.188. The standard InChI is InChI=1S/C16H17N5O3S/c1-2-24-15-3-5-16(6-4-15)25(22,23)18-11-13-12-21(20-19-13)14-7-9-17-10-8-14/h3-10,12,18H,2,11H2,1H3. The maximum Gasteiger partial charge on any atom is 0.240 e. The van der Waals surface area contributed by atoms with Crippen molar-refractivity contribution in [1.82, 2.24) is 24.7 Å². The molecule has 3 aromatic rings. The van der Waals surface area contributed by atoms with E-state index >= 15 is 0 Å². The van der Waals surface area contributed by atoms with Crippen molar-refractivity contribution in [3.63, 3.8) is 0 Å². The van der Waals surface area contributed by atoms with Crippen LogP contribution < -0.4 is 9.46 Å². The third-order valence-electron chi connectivity index (χ3n) is 3.36. The molecule has 0 aliphatic rings. The summed E-state index contributed by atoms with van der Waals surface area (Å²) in [4.78, 5) is 4.10. The molecule has 0 bridgehead atoms. The number of rotatable bonds is 7. The predicted octanol–water partition coefficient (Wildman–Crippen LogP) is 1.54. The average Bonchev–Trinajstić information content (AvgIpc) is 3.11. The summed E-state index contributed by atoms with van der Waals surface area (Å²) < 4.78 is 34.0. The molecule has 0 saturated carbocycles. The monoisotopic (exact) mass is 359 g/mol. The average molecular weight is 359 g/mol. The Morgan fingerprint density at radius 3 is 2.52 bits per heavy atom. The number of nitrogens with zero attached hydrogens (tertiary/aromatic N) is 4. The van der Waals surface area contributed by atoms with Gasteiger partial charge in [0.2, 0.25) is 10.0 Å². The lowest BCUT2D eigenvalue weighted by atomic mass is 10.3. The molecule has 0 saturated heterocycles. The van der Waals surface area contributed by atoms with Gasteiger partial charge in [0.05, 0.1) is 35.6 Å². The van der Waals surface area contributed by atoms with Gasteiger partial charge in [0.25, 0.3) is 0 Å². The highest BCUT2D eigenvalue weighted by Crippen LogP contribution is 2.16. The highest BCUT2D eigenvalue weighted by atomic mass is 32.2. The molecule has 8 nitrogen and oxygen atoms in total. The zero-order valence-corrected chi connectivity index (χ0v) is 14.3. The molecule has 0 unspecified atom stereocenters. The van der Waals surface area contributed by atoms with E-state index < -0.39 is 10.0 Å². The molecule has 2 heterocycles. The van der Waals surface area contributed by atoms with Crippen molar-refractivity contribution in [1.29, 1.82) is 0 Å². The van der Waals surface area contributed by atoms with Crippen molar-refractivity contribution in [2.45, 2.75) is 18.4 Å². The second kappa shape index (κ2) is 7.41. The maximum atomic E-state index is 12.3. The first-order chi connectivity index (χ1) is 12.1. The van der Waals surface area contributed by atoms with Crippen LogP contribution in [-0.2, 0) is 16.6 Å². The highest BCUT2D eigenvalue weighted by Gasteiger charge is 2.15. The van der Waals surface area contributed by atoms with E-state index in [0.717, 1.165) is 5.69 Å². The molecule has 0 atom stereocenters. The van der Waals surface area contributed by atoms with Crippen molar-refractivity contribution in [3.8, 4) is 11.4 Å². The Labute approximate surface area is 145 Å². The summed E-state index contributed by atoms with van der Waals surface area (Å²) >= 11 is 0. The zero-order valence-electron chi connectivity index (χ0n) is 13.5. The van der Waals surface area contributed by atoms with Crippen LogP contribution in [0.25, 0.3) is 5.69 Å². The third-order valence-corrected chi connectivity index (χ3v) is 4.77. The molecular formula is C16H17N5O3S. The fourth-order valence-corrected chi connectivity index (χ4v) is 3.14. The van der Waals surface area contributed by atoms with Crippen LogP contribution in [0.3, 0.4) is 0 Å². The van der Waals surface area contributed by atoms with Gasteiger partial charge in [-0.25, -0.2) is 17.8 Å². The first kappa shape index (κ1) is 17.1. The summed E-state index contributed by atoms with van der Waals surface area (Å²) in [5.74, 6) is 0.627. The minimum atomic E-state index is -3.64. The molecule has 0 amide bonds. The van der Waals surface area contributed by atoms with Gasteiger partial charge in [-0.05, 0) is 43.3 Å². The highest BCUT2D eigenvalue weighted by molar-refractivity contribution is 7.89. The number of nitrogens with one attached hydrogen (secondary N) is 1. The van der Waals surface area contributed by atoms with Crippen LogP contribution in [0, 0.1) is 0 Å². The lowest BCUT2D eigenvalue weighted by Crippen LogP contribution is -2.23. The Bertz CT molecular complexity index is 924. The Morgan fingerprint density at radius 2 is 1.84 bits per heavy atom. The van der Waals surface area contributed by atoms with Gasteiger partial charge in [-0.2, -0.15) is 0 Å². The molecule has 1 aromatic carbocycles. The fourth-order valence-electron chi connectivity index (χ4n) is 2.14. The van der Waals surface area contributed by atoms with Crippen molar-refractivity contribution in [2.75, 3.05) is 6.61 Å². The maximum absolute atomic E-state index is 12.3. The molecule has 0 aliphatic carbocycles. The number of ether oxygens (including phenoxy) is 1. The first-order valence-corrected chi connectivity index (χ1v) is 9.11. The SMILES string of the molecule is CCOc1ccc(S(=O)(=O)NCc2cn(-c3ccncc3)nn2)cc1. The number of hydrogen-bond donors (Lipinski definition) is 1. The molecule has 0 aliphatic heterocycles. The Kier molecular flexibility index (Phi) is 5.05. The largest absolute Gasteiger partial charge is 0.494 e. The van der Waals surface area contributed by atoms with Gasteiger partial charge in [0.15, 0.2) is 0 Å². The summed E-state index contributed by atoms with van der Waals surface area (Å²) in [5, 5.41) is 7.95. The van der Waals surface area contributed by atoms with Gasteiger partial charge < -0.3 is 4.74 Å². The number of aromatic nitrogens is 4. The second-order valence-electron chi connectivity index (χ2n) is 5.09. The number of hydrogen-bond acceptors (Lipinski definition) is 6. The van der Waals surface area contributed by atoms with E-state index in [9.17, 15) is 8.42 Å². The molecule has 9 heteroatoms. The number of sulfonamides is 1. The molecule has 0 radical (unpaired) electrons. The summed E-state index contributed by atoms with van der Waals surface area (Å²) in [6, 6.07) is 9.81. The summed E-state index contributed by atoms with van der Waals surface area (Å²) in [6.07, 6.45) is 4.95. The molecule has 1 N–H and O–H groups in total. The van der Waals surface area contributed by atoms with Gasteiger partial charge in [0.1, 0.15) is 5.75 Å². The number of pyridine rings is 1. The summed E-state index contributed by atoms with van der Waals surface area (Å²) in [7, 11) is -3.64.